The van der Waals surface area contributed by atoms with Crippen molar-refractivity contribution in [2.45, 2.75) is 11.1 Å². The molecule has 6 nitrogen and oxygen atoms in total. The minimum atomic E-state index is -4.78. The lowest BCUT2D eigenvalue weighted by atomic mass is 10.1. The highest BCUT2D eigenvalue weighted by Gasteiger charge is 2.33. The van der Waals surface area contributed by atoms with E-state index in [2.05, 4.69) is 10.3 Å². The highest BCUT2D eigenvalue weighted by molar-refractivity contribution is 7.91. The van der Waals surface area contributed by atoms with Crippen LogP contribution in [-0.4, -0.2) is 21.4 Å². The average Bonchev–Trinajstić information content (AvgIpc) is 2.69. The van der Waals surface area contributed by atoms with Crippen LogP contribution in [0.5, 0.6) is 11.6 Å². The second-order valence-corrected chi connectivity index (χ2v) is 9.14. The maximum absolute atomic E-state index is 13.3. The number of hydrogen-bond acceptors (Lipinski definition) is 5. The summed E-state index contributed by atoms with van der Waals surface area (Å²) in [7, 11) is -3.09. The smallest absolute Gasteiger partial charge is 0.417 e. The molecule has 168 valence electrons. The van der Waals surface area contributed by atoms with Crippen molar-refractivity contribution in [3.63, 3.8) is 0 Å². The third kappa shape index (κ3) is 5.54. The van der Waals surface area contributed by atoms with Gasteiger partial charge in [-0.2, -0.15) is 13.2 Å². The monoisotopic (exact) mass is 487 g/mol. The third-order valence-corrected chi connectivity index (χ3v) is 5.51. The Balaban J connectivity index is 2.01. The number of anilines is 1. The molecule has 32 heavy (non-hydrogen) atoms. The first-order valence-electron chi connectivity index (χ1n) is 8.70. The molecule has 0 fully saturated rings. The fourth-order valence-electron chi connectivity index (χ4n) is 2.53. The van der Waals surface area contributed by atoms with E-state index in [0.717, 1.165) is 18.2 Å². The minimum Gasteiger partial charge on any atom is -0.437 e. The molecule has 1 heterocycles. The van der Waals surface area contributed by atoms with Crippen molar-refractivity contribution in [3.8, 4) is 11.6 Å². The fraction of sp³-hybridized carbons (Fsp3) is 0.100. The summed E-state index contributed by atoms with van der Waals surface area (Å²) >= 11 is 5.89. The van der Waals surface area contributed by atoms with Gasteiger partial charge in [0.05, 0.1) is 20.3 Å². The average molecular weight is 488 g/mol. The number of halogens is 5. The van der Waals surface area contributed by atoms with Crippen molar-refractivity contribution in [2.75, 3.05) is 11.6 Å². The molecule has 0 aliphatic heterocycles. The van der Waals surface area contributed by atoms with Crippen LogP contribution in [0.2, 0.25) is 5.02 Å². The van der Waals surface area contributed by atoms with Gasteiger partial charge in [0, 0.05) is 23.0 Å². The molecule has 1 aromatic heterocycles. The first kappa shape index (κ1) is 23.5. The zero-order valence-electron chi connectivity index (χ0n) is 16.2. The third-order valence-electron chi connectivity index (χ3n) is 4.07. The Labute approximate surface area is 185 Å². The number of rotatable bonds is 5. The Bertz CT molecular complexity index is 1300. The van der Waals surface area contributed by atoms with Crippen LogP contribution in [0.25, 0.3) is 0 Å². The van der Waals surface area contributed by atoms with E-state index in [9.17, 15) is 26.6 Å². The predicted molar refractivity (Wildman–Crippen MR) is 110 cm³/mol. The zero-order chi connectivity index (χ0) is 23.7. The van der Waals surface area contributed by atoms with Crippen LogP contribution in [0.1, 0.15) is 15.9 Å². The number of carbonyl (C=O) groups excluding carboxylic acids is 1. The molecular weight excluding hydrogens is 474 g/mol. The normalized spacial score (nSPS) is 13.3. The minimum absolute atomic E-state index is 0.0949. The zero-order valence-corrected chi connectivity index (χ0v) is 17.7. The molecular formula is C20H14ClF4N3O3S. The lowest BCUT2D eigenvalue weighted by Gasteiger charge is -2.14. The summed E-state index contributed by atoms with van der Waals surface area (Å²) in [5.74, 6) is -2.31. The Kier molecular flexibility index (Phi) is 6.42. The molecule has 0 aliphatic rings. The summed E-state index contributed by atoms with van der Waals surface area (Å²) < 4.78 is 77.7. The van der Waals surface area contributed by atoms with E-state index in [1.807, 2.05) is 0 Å². The van der Waals surface area contributed by atoms with Gasteiger partial charge in [0.15, 0.2) is 0 Å². The molecule has 1 unspecified atom stereocenters. The van der Waals surface area contributed by atoms with Gasteiger partial charge >= 0.3 is 6.18 Å². The Morgan fingerprint density at radius 1 is 1.19 bits per heavy atom. The highest BCUT2D eigenvalue weighted by Crippen LogP contribution is 2.35. The van der Waals surface area contributed by atoms with Crippen molar-refractivity contribution in [1.82, 2.24) is 4.98 Å². The van der Waals surface area contributed by atoms with Gasteiger partial charge in [-0.3, -0.25) is 4.79 Å². The maximum Gasteiger partial charge on any atom is 0.417 e. The molecule has 0 spiro atoms. The van der Waals surface area contributed by atoms with Gasteiger partial charge in [-0.1, -0.05) is 17.7 Å². The van der Waals surface area contributed by atoms with Crippen LogP contribution in [0.3, 0.4) is 0 Å². The molecule has 2 N–H and O–H groups in total. The van der Waals surface area contributed by atoms with Gasteiger partial charge in [0.1, 0.15) is 17.1 Å². The van der Waals surface area contributed by atoms with E-state index in [-0.39, 0.29) is 21.4 Å². The quantitative estimate of drug-likeness (QED) is 0.433. The van der Waals surface area contributed by atoms with Crippen LogP contribution in [-0.2, 0) is 15.9 Å². The summed E-state index contributed by atoms with van der Waals surface area (Å²) in [5, 5.41) is 2.19. The number of aromatic nitrogens is 1. The van der Waals surface area contributed by atoms with Crippen LogP contribution >= 0.6 is 11.6 Å². The van der Waals surface area contributed by atoms with Gasteiger partial charge < -0.3 is 10.1 Å². The first-order valence-corrected chi connectivity index (χ1v) is 11.0. The lowest BCUT2D eigenvalue weighted by Crippen LogP contribution is -2.16. The standard InChI is InChI=1S/C20H14ClF4N3O3S/c1-32(26,30)14-4-2-3-13(9-14)28-18(29)15-7-11(20(23,24)25)10-27-19(15)31-17-6-5-12(22)8-16(17)21/h2-10,26H,1H3,(H,28,29). The van der Waals surface area contributed by atoms with Crippen molar-refractivity contribution >= 4 is 32.9 Å². The topological polar surface area (TPSA) is 92.1 Å². The Morgan fingerprint density at radius 2 is 1.91 bits per heavy atom. The molecule has 0 aliphatic carbocycles. The van der Waals surface area contributed by atoms with Crippen LogP contribution in [0.4, 0.5) is 23.2 Å². The number of nitrogens with one attached hydrogen (secondary N) is 2. The second-order valence-electron chi connectivity index (χ2n) is 6.58. The lowest BCUT2D eigenvalue weighted by molar-refractivity contribution is -0.137. The van der Waals surface area contributed by atoms with E-state index in [1.165, 1.54) is 30.5 Å². The molecule has 12 heteroatoms. The van der Waals surface area contributed by atoms with Crippen LogP contribution < -0.4 is 10.1 Å². The largest absolute Gasteiger partial charge is 0.437 e. The molecule has 0 radical (unpaired) electrons. The second kappa shape index (κ2) is 8.75. The molecule has 1 amide bonds. The van der Waals surface area contributed by atoms with E-state index in [4.69, 9.17) is 21.1 Å². The highest BCUT2D eigenvalue weighted by atomic mass is 35.5. The Morgan fingerprint density at radius 3 is 2.53 bits per heavy atom. The van der Waals surface area contributed by atoms with Crippen LogP contribution in [0.15, 0.2) is 59.6 Å². The number of alkyl halides is 3. The van der Waals surface area contributed by atoms with Crippen molar-refractivity contribution < 1.29 is 31.3 Å². The van der Waals surface area contributed by atoms with Gasteiger partial charge in [0.25, 0.3) is 5.91 Å². The van der Waals surface area contributed by atoms with Gasteiger partial charge in [-0.05, 0) is 42.5 Å². The molecule has 0 saturated carbocycles. The van der Waals surface area contributed by atoms with Crippen molar-refractivity contribution in [3.05, 3.63) is 76.7 Å². The summed E-state index contributed by atoms with van der Waals surface area (Å²) in [5.41, 5.74) is -1.68. The summed E-state index contributed by atoms with van der Waals surface area (Å²) in [4.78, 5) is 16.5. The van der Waals surface area contributed by atoms with E-state index in [0.29, 0.717) is 12.3 Å². The summed E-state index contributed by atoms with van der Waals surface area (Å²) in [6.45, 7) is 0. The van der Waals surface area contributed by atoms with Crippen LogP contribution in [0, 0.1) is 10.6 Å². The molecule has 3 aromatic rings. The molecule has 2 aromatic carbocycles. The van der Waals surface area contributed by atoms with E-state index in [1.54, 1.807) is 0 Å². The number of hydrogen-bond donors (Lipinski definition) is 2. The van der Waals surface area contributed by atoms with Gasteiger partial charge in [-0.25, -0.2) is 18.4 Å². The van der Waals surface area contributed by atoms with E-state index < -0.39 is 44.6 Å². The van der Waals surface area contributed by atoms with E-state index >= 15 is 0 Å². The number of amides is 1. The molecule has 3 rings (SSSR count). The summed E-state index contributed by atoms with van der Waals surface area (Å²) in [6.07, 6.45) is -3.12. The molecule has 1 atom stereocenters. The number of carbonyl (C=O) groups is 1. The number of benzene rings is 2. The number of nitrogens with zero attached hydrogens (tertiary/aromatic N) is 1. The predicted octanol–water partition coefficient (Wildman–Crippen LogP) is 5.97. The summed E-state index contributed by atoms with van der Waals surface area (Å²) in [6, 6.07) is 9.15. The maximum atomic E-state index is 13.3. The SMILES string of the molecule is CS(=N)(=O)c1cccc(NC(=O)c2cc(C(F)(F)F)cnc2Oc2ccc(F)cc2Cl)c1. The fourth-order valence-corrected chi connectivity index (χ4v) is 3.42. The van der Waals surface area contributed by atoms with Crippen molar-refractivity contribution in [1.29, 1.82) is 4.78 Å². The van der Waals surface area contributed by atoms with Crippen molar-refractivity contribution in [2.24, 2.45) is 0 Å². The number of pyridine rings is 1. The number of ether oxygens (including phenoxy) is 1. The van der Waals surface area contributed by atoms with Gasteiger partial charge in [0.2, 0.25) is 5.88 Å². The van der Waals surface area contributed by atoms with Gasteiger partial charge in [-0.15, -0.1) is 0 Å². The molecule has 0 saturated heterocycles. The first-order chi connectivity index (χ1) is 14.8. The Hall–Kier alpha value is -3.18. The molecule has 0 bridgehead atoms.